The number of nitrogens with zero attached hydrogens (tertiary/aromatic N) is 5. The van der Waals surface area contributed by atoms with Gasteiger partial charge in [-0.25, -0.2) is 0 Å². The van der Waals surface area contributed by atoms with Crippen molar-refractivity contribution in [3.63, 3.8) is 0 Å². The molecule has 1 atom stereocenters. The molecule has 0 radical (unpaired) electrons. The Morgan fingerprint density at radius 1 is 1.07 bits per heavy atom. The van der Waals surface area contributed by atoms with Gasteiger partial charge in [-0.1, -0.05) is 24.6 Å². The van der Waals surface area contributed by atoms with Crippen LogP contribution in [-0.2, 0) is 0 Å². The number of anilines is 1. The fourth-order valence-corrected chi connectivity index (χ4v) is 4.31. The van der Waals surface area contributed by atoms with Crippen molar-refractivity contribution in [2.45, 2.75) is 26.8 Å². The average molecular weight is 421 g/mol. The van der Waals surface area contributed by atoms with Crippen molar-refractivity contribution in [2.75, 3.05) is 76.9 Å². The Kier molecular flexibility index (Phi) is 8.45. The van der Waals surface area contributed by atoms with Gasteiger partial charge < -0.3 is 20.0 Å². The normalized spacial score (nSPS) is 20.8. The lowest BCUT2D eigenvalue weighted by Crippen LogP contribution is -2.53. The van der Waals surface area contributed by atoms with E-state index in [9.17, 15) is 0 Å². The second-order valence-electron chi connectivity index (χ2n) is 7.97. The molecule has 1 aromatic rings. The molecule has 7 heteroatoms. The van der Waals surface area contributed by atoms with Crippen LogP contribution in [0.25, 0.3) is 0 Å². The third-order valence-corrected chi connectivity index (χ3v) is 6.31. The van der Waals surface area contributed by atoms with Crippen LogP contribution in [0, 0.1) is 0 Å². The molecule has 162 valence electrons. The van der Waals surface area contributed by atoms with Crippen molar-refractivity contribution in [3.8, 4) is 0 Å². The molecule has 3 rings (SSSR count). The number of guanidine groups is 1. The molecule has 2 saturated heterocycles. The van der Waals surface area contributed by atoms with Gasteiger partial charge in [0.2, 0.25) is 0 Å². The van der Waals surface area contributed by atoms with E-state index >= 15 is 0 Å². The highest BCUT2D eigenvalue weighted by Gasteiger charge is 2.22. The summed E-state index contributed by atoms with van der Waals surface area (Å²) in [5.41, 5.74) is 1.21. The topological polar surface area (TPSA) is 37.4 Å². The zero-order valence-corrected chi connectivity index (χ0v) is 19.0. The predicted octanol–water partition coefficient (Wildman–Crippen LogP) is 2.45. The Balaban J connectivity index is 1.53. The molecule has 29 heavy (non-hydrogen) atoms. The minimum absolute atomic E-state index is 0.482. The van der Waals surface area contributed by atoms with E-state index in [1.807, 2.05) is 12.1 Å². The van der Waals surface area contributed by atoms with Gasteiger partial charge in [-0.15, -0.1) is 0 Å². The molecule has 2 aliphatic rings. The molecule has 1 aromatic carbocycles. The molecule has 6 nitrogen and oxygen atoms in total. The van der Waals surface area contributed by atoms with Crippen molar-refractivity contribution < 1.29 is 0 Å². The van der Waals surface area contributed by atoms with E-state index in [0.29, 0.717) is 6.04 Å². The van der Waals surface area contributed by atoms with Crippen LogP contribution in [0.4, 0.5) is 5.69 Å². The summed E-state index contributed by atoms with van der Waals surface area (Å²) in [5.74, 6) is 1.05. The number of halogens is 1. The van der Waals surface area contributed by atoms with Crippen LogP contribution in [0.15, 0.2) is 29.3 Å². The van der Waals surface area contributed by atoms with E-state index in [1.165, 1.54) is 18.8 Å². The second kappa shape index (κ2) is 11.0. The highest BCUT2D eigenvalue weighted by molar-refractivity contribution is 6.30. The number of likely N-dealkylation sites (N-methyl/N-ethyl adjacent to an activating group) is 1. The highest BCUT2D eigenvalue weighted by atomic mass is 35.5. The minimum Gasteiger partial charge on any atom is -0.368 e. The standard InChI is InChI=1S/C22H37ClN6/c1-4-24-22(25-18-19(3)27-11-9-26(5-2)10-12-27)29-15-13-28(14-16-29)21-8-6-7-20(23)17-21/h6-8,17,19H,4-5,9-16,18H2,1-3H3,(H,24,25). The van der Waals surface area contributed by atoms with Gasteiger partial charge >= 0.3 is 0 Å². The SMILES string of the molecule is CCNC(=NCC(C)N1CCN(CC)CC1)N1CCN(c2cccc(Cl)c2)CC1. The fraction of sp³-hybridized carbons (Fsp3) is 0.682. The third kappa shape index (κ3) is 6.24. The number of nitrogens with one attached hydrogen (secondary N) is 1. The first kappa shape index (κ1) is 22.2. The predicted molar refractivity (Wildman–Crippen MR) is 124 cm³/mol. The Morgan fingerprint density at radius 3 is 2.41 bits per heavy atom. The largest absolute Gasteiger partial charge is 0.368 e. The van der Waals surface area contributed by atoms with Crippen LogP contribution in [0.2, 0.25) is 5.02 Å². The maximum absolute atomic E-state index is 6.16. The van der Waals surface area contributed by atoms with Gasteiger partial charge in [0.05, 0.1) is 6.54 Å². The van der Waals surface area contributed by atoms with Crippen LogP contribution in [-0.4, -0.2) is 98.7 Å². The molecular formula is C22H37ClN6. The molecule has 0 aromatic heterocycles. The lowest BCUT2D eigenvalue weighted by atomic mass is 10.2. The summed E-state index contributed by atoms with van der Waals surface area (Å²) in [6.07, 6.45) is 0. The smallest absolute Gasteiger partial charge is 0.194 e. The van der Waals surface area contributed by atoms with E-state index in [0.717, 1.165) is 69.9 Å². The molecular weight excluding hydrogens is 384 g/mol. The molecule has 0 amide bonds. The molecule has 0 saturated carbocycles. The van der Waals surface area contributed by atoms with Gasteiger partial charge in [0.15, 0.2) is 5.96 Å². The zero-order chi connectivity index (χ0) is 20.6. The lowest BCUT2D eigenvalue weighted by molar-refractivity contribution is 0.109. The first-order valence-corrected chi connectivity index (χ1v) is 11.5. The van der Waals surface area contributed by atoms with Crippen molar-refractivity contribution in [2.24, 2.45) is 4.99 Å². The second-order valence-corrected chi connectivity index (χ2v) is 8.40. The number of hydrogen-bond acceptors (Lipinski definition) is 4. The van der Waals surface area contributed by atoms with Crippen molar-refractivity contribution in [1.29, 1.82) is 0 Å². The van der Waals surface area contributed by atoms with Gasteiger partial charge in [-0.3, -0.25) is 9.89 Å². The van der Waals surface area contributed by atoms with Gasteiger partial charge in [0, 0.05) is 75.7 Å². The number of aliphatic imine (C=N–C) groups is 1. The van der Waals surface area contributed by atoms with Gasteiger partial charge in [-0.05, 0) is 38.6 Å². The molecule has 2 aliphatic heterocycles. The Labute approximate surface area is 181 Å². The summed E-state index contributed by atoms with van der Waals surface area (Å²) in [4.78, 5) is 14.9. The van der Waals surface area contributed by atoms with Gasteiger partial charge in [0.25, 0.3) is 0 Å². The number of benzene rings is 1. The van der Waals surface area contributed by atoms with Crippen LogP contribution in [0.1, 0.15) is 20.8 Å². The summed E-state index contributed by atoms with van der Waals surface area (Å²) in [6.45, 7) is 18.2. The van der Waals surface area contributed by atoms with E-state index < -0.39 is 0 Å². The first-order chi connectivity index (χ1) is 14.1. The molecule has 2 fully saturated rings. The monoisotopic (exact) mass is 420 g/mol. The highest BCUT2D eigenvalue weighted by Crippen LogP contribution is 2.20. The van der Waals surface area contributed by atoms with Crippen LogP contribution < -0.4 is 10.2 Å². The van der Waals surface area contributed by atoms with Gasteiger partial charge in [-0.2, -0.15) is 0 Å². The Hall–Kier alpha value is -1.50. The molecule has 1 unspecified atom stereocenters. The summed E-state index contributed by atoms with van der Waals surface area (Å²) in [5, 5.41) is 4.30. The van der Waals surface area contributed by atoms with E-state index in [-0.39, 0.29) is 0 Å². The maximum Gasteiger partial charge on any atom is 0.194 e. The van der Waals surface area contributed by atoms with Crippen LogP contribution in [0.5, 0.6) is 0 Å². The molecule has 0 aliphatic carbocycles. The van der Waals surface area contributed by atoms with Crippen molar-refractivity contribution in [3.05, 3.63) is 29.3 Å². The molecule has 1 N–H and O–H groups in total. The quantitative estimate of drug-likeness (QED) is 0.565. The average Bonchev–Trinajstić information content (AvgIpc) is 2.76. The van der Waals surface area contributed by atoms with E-state index in [1.54, 1.807) is 0 Å². The molecule has 0 spiro atoms. The Morgan fingerprint density at radius 2 is 1.79 bits per heavy atom. The molecule has 0 bridgehead atoms. The van der Waals surface area contributed by atoms with E-state index in [2.05, 4.69) is 57.8 Å². The van der Waals surface area contributed by atoms with E-state index in [4.69, 9.17) is 16.6 Å². The zero-order valence-electron chi connectivity index (χ0n) is 18.3. The number of piperazine rings is 2. The fourth-order valence-electron chi connectivity index (χ4n) is 4.13. The Bertz CT molecular complexity index is 650. The summed E-state index contributed by atoms with van der Waals surface area (Å²) >= 11 is 6.16. The maximum atomic E-state index is 6.16. The lowest BCUT2D eigenvalue weighted by Gasteiger charge is -2.39. The van der Waals surface area contributed by atoms with Gasteiger partial charge in [0.1, 0.15) is 0 Å². The van der Waals surface area contributed by atoms with Crippen LogP contribution in [0.3, 0.4) is 0 Å². The number of hydrogen-bond donors (Lipinski definition) is 1. The number of rotatable bonds is 6. The first-order valence-electron chi connectivity index (χ1n) is 11.1. The van der Waals surface area contributed by atoms with Crippen molar-refractivity contribution in [1.82, 2.24) is 20.0 Å². The summed E-state index contributed by atoms with van der Waals surface area (Å²) in [6, 6.07) is 8.63. The summed E-state index contributed by atoms with van der Waals surface area (Å²) in [7, 11) is 0. The van der Waals surface area contributed by atoms with Crippen LogP contribution >= 0.6 is 11.6 Å². The van der Waals surface area contributed by atoms with Crippen molar-refractivity contribution >= 4 is 23.2 Å². The third-order valence-electron chi connectivity index (χ3n) is 6.07. The molecule has 2 heterocycles. The summed E-state index contributed by atoms with van der Waals surface area (Å²) < 4.78 is 0. The minimum atomic E-state index is 0.482.